The zero-order valence-electron chi connectivity index (χ0n) is 11.1. The van der Waals surface area contributed by atoms with E-state index < -0.39 is 0 Å². The fraction of sp³-hybridized carbons (Fsp3) is 0.0625. The molecule has 4 nitrogen and oxygen atoms in total. The topological polar surface area (TPSA) is 55.2 Å². The summed E-state index contributed by atoms with van der Waals surface area (Å²) >= 11 is 5.99. The molecule has 0 radical (unpaired) electrons. The normalized spacial score (nSPS) is 11.5. The van der Waals surface area contributed by atoms with Gasteiger partial charge in [-0.25, -0.2) is 0 Å². The average Bonchev–Trinajstić information content (AvgIpc) is 2.84. The van der Waals surface area contributed by atoms with E-state index in [4.69, 9.17) is 20.8 Å². The van der Waals surface area contributed by atoms with Gasteiger partial charge < -0.3 is 14.1 Å². The van der Waals surface area contributed by atoms with Gasteiger partial charge in [-0.05, 0) is 24.3 Å². The first-order chi connectivity index (χ1) is 10.2. The van der Waals surface area contributed by atoms with Gasteiger partial charge in [0.25, 0.3) is 0 Å². The maximum Gasteiger partial charge on any atom is 0.209 e. The van der Waals surface area contributed by atoms with Gasteiger partial charge in [0.05, 0.1) is 23.4 Å². The van der Waals surface area contributed by atoms with E-state index in [0.29, 0.717) is 32.8 Å². The zero-order valence-corrected chi connectivity index (χ0v) is 11.8. The molecule has 0 saturated heterocycles. The molecule has 1 N–H and O–H groups in total. The minimum absolute atomic E-state index is 0.0672. The van der Waals surface area contributed by atoms with Crippen molar-refractivity contribution in [3.63, 3.8) is 0 Å². The number of rotatable bonds is 1. The second-order valence-corrected chi connectivity index (χ2v) is 5.25. The second kappa shape index (κ2) is 4.27. The second-order valence-electron chi connectivity index (χ2n) is 4.81. The van der Waals surface area contributed by atoms with E-state index in [1.165, 1.54) is 0 Å². The molecule has 0 spiro atoms. The summed E-state index contributed by atoms with van der Waals surface area (Å²) in [6, 6.07) is 10.5. The smallest absolute Gasteiger partial charge is 0.209 e. The standard InChI is InChI=1S/C16H10ClNO3/c1-20-9-3-5-11-13(7-9)21-16-14(15(11)19)10-4-2-8(17)6-12(10)18-16/h2-7,18H,1H3. The fourth-order valence-electron chi connectivity index (χ4n) is 2.59. The lowest BCUT2D eigenvalue weighted by Crippen LogP contribution is -2.01. The van der Waals surface area contributed by atoms with Crippen LogP contribution < -0.4 is 10.2 Å². The van der Waals surface area contributed by atoms with E-state index in [2.05, 4.69) is 4.98 Å². The summed E-state index contributed by atoms with van der Waals surface area (Å²) in [6.07, 6.45) is 0. The number of H-pyrrole nitrogens is 1. The minimum Gasteiger partial charge on any atom is -0.497 e. The summed E-state index contributed by atoms with van der Waals surface area (Å²) < 4.78 is 11.0. The molecular formula is C16H10ClNO3. The third kappa shape index (κ3) is 1.73. The Morgan fingerprint density at radius 2 is 1.95 bits per heavy atom. The van der Waals surface area contributed by atoms with Crippen molar-refractivity contribution in [1.29, 1.82) is 0 Å². The first-order valence-electron chi connectivity index (χ1n) is 6.39. The summed E-state index contributed by atoms with van der Waals surface area (Å²) in [7, 11) is 1.57. The van der Waals surface area contributed by atoms with Gasteiger partial charge in [0.1, 0.15) is 11.3 Å². The number of nitrogens with one attached hydrogen (secondary N) is 1. The van der Waals surface area contributed by atoms with Crippen LogP contribution >= 0.6 is 11.6 Å². The van der Waals surface area contributed by atoms with Crippen LogP contribution in [-0.4, -0.2) is 12.1 Å². The summed E-state index contributed by atoms with van der Waals surface area (Å²) in [5.74, 6) is 0.643. The van der Waals surface area contributed by atoms with Crippen molar-refractivity contribution in [2.45, 2.75) is 0 Å². The van der Waals surface area contributed by atoms with Crippen molar-refractivity contribution >= 4 is 44.6 Å². The number of hydrogen-bond donors (Lipinski definition) is 1. The highest BCUT2D eigenvalue weighted by Gasteiger charge is 2.14. The van der Waals surface area contributed by atoms with Gasteiger partial charge in [-0.1, -0.05) is 17.7 Å². The molecule has 5 heteroatoms. The van der Waals surface area contributed by atoms with Crippen LogP contribution in [0.25, 0.3) is 33.0 Å². The van der Waals surface area contributed by atoms with Gasteiger partial charge >= 0.3 is 0 Å². The first-order valence-corrected chi connectivity index (χ1v) is 6.77. The average molecular weight is 300 g/mol. The third-order valence-corrected chi connectivity index (χ3v) is 3.83. The number of hydrogen-bond acceptors (Lipinski definition) is 3. The Labute approximate surface area is 123 Å². The quantitative estimate of drug-likeness (QED) is 0.576. The zero-order chi connectivity index (χ0) is 14.6. The summed E-state index contributed by atoms with van der Waals surface area (Å²) in [5.41, 5.74) is 1.64. The highest BCUT2D eigenvalue weighted by atomic mass is 35.5. The lowest BCUT2D eigenvalue weighted by atomic mass is 10.1. The predicted octanol–water partition coefficient (Wildman–Crippen LogP) is 4.09. The van der Waals surface area contributed by atoms with Crippen molar-refractivity contribution in [2.24, 2.45) is 0 Å². The SMILES string of the molecule is COc1ccc2c(=O)c3c([nH]c4cc(Cl)ccc43)oc2c1. The number of benzene rings is 2. The number of aromatic amines is 1. The van der Waals surface area contributed by atoms with E-state index >= 15 is 0 Å². The molecule has 4 rings (SSSR count). The van der Waals surface area contributed by atoms with Crippen LogP contribution in [0.2, 0.25) is 5.02 Å². The minimum atomic E-state index is -0.0672. The number of methoxy groups -OCH3 is 1. The van der Waals surface area contributed by atoms with E-state index in [1.54, 1.807) is 37.4 Å². The molecule has 104 valence electrons. The molecule has 2 aromatic carbocycles. The maximum atomic E-state index is 12.7. The Balaban J connectivity index is 2.22. The molecule has 0 aliphatic heterocycles. The van der Waals surface area contributed by atoms with Crippen LogP contribution in [0.3, 0.4) is 0 Å². The molecule has 0 unspecified atom stereocenters. The number of ether oxygens (including phenoxy) is 1. The molecule has 0 fully saturated rings. The molecule has 0 saturated carbocycles. The van der Waals surface area contributed by atoms with Crippen molar-refractivity contribution in [3.8, 4) is 5.75 Å². The molecule has 0 aliphatic carbocycles. The van der Waals surface area contributed by atoms with Crippen molar-refractivity contribution in [1.82, 2.24) is 4.98 Å². The Kier molecular flexibility index (Phi) is 2.50. The maximum absolute atomic E-state index is 12.7. The summed E-state index contributed by atoms with van der Waals surface area (Å²) in [6.45, 7) is 0. The number of fused-ring (bicyclic) bond motifs is 4. The number of aromatic nitrogens is 1. The largest absolute Gasteiger partial charge is 0.497 e. The van der Waals surface area contributed by atoms with Crippen LogP contribution in [0, 0.1) is 0 Å². The summed E-state index contributed by atoms with van der Waals surface area (Å²) in [4.78, 5) is 15.8. The molecule has 4 aromatic rings. The molecule has 2 heterocycles. The lowest BCUT2D eigenvalue weighted by Gasteiger charge is -2.01. The highest BCUT2D eigenvalue weighted by Crippen LogP contribution is 2.29. The molecule has 21 heavy (non-hydrogen) atoms. The van der Waals surface area contributed by atoms with Crippen molar-refractivity contribution in [2.75, 3.05) is 7.11 Å². The number of halogens is 1. The molecule has 0 amide bonds. The molecular weight excluding hydrogens is 290 g/mol. The fourth-order valence-corrected chi connectivity index (χ4v) is 2.77. The predicted molar refractivity (Wildman–Crippen MR) is 83.4 cm³/mol. The Bertz CT molecular complexity index is 1060. The van der Waals surface area contributed by atoms with E-state index in [9.17, 15) is 4.79 Å². The van der Waals surface area contributed by atoms with E-state index in [1.807, 2.05) is 6.07 Å². The van der Waals surface area contributed by atoms with Gasteiger partial charge in [-0.15, -0.1) is 0 Å². The van der Waals surface area contributed by atoms with Crippen LogP contribution in [0.15, 0.2) is 45.6 Å². The van der Waals surface area contributed by atoms with Gasteiger partial charge in [-0.3, -0.25) is 4.79 Å². The molecule has 0 aliphatic rings. The molecule has 0 atom stereocenters. The summed E-state index contributed by atoms with van der Waals surface area (Å²) in [5, 5.41) is 2.48. The molecule has 0 bridgehead atoms. The Morgan fingerprint density at radius 3 is 2.76 bits per heavy atom. The van der Waals surface area contributed by atoms with Crippen LogP contribution in [0.1, 0.15) is 0 Å². The first kappa shape index (κ1) is 12.3. The van der Waals surface area contributed by atoms with Gasteiger partial charge in [0.2, 0.25) is 11.1 Å². The Morgan fingerprint density at radius 1 is 1.14 bits per heavy atom. The van der Waals surface area contributed by atoms with Gasteiger partial charge in [0.15, 0.2) is 0 Å². The van der Waals surface area contributed by atoms with Crippen LogP contribution in [0.4, 0.5) is 0 Å². The van der Waals surface area contributed by atoms with Crippen LogP contribution in [-0.2, 0) is 0 Å². The van der Waals surface area contributed by atoms with Gasteiger partial charge in [-0.2, -0.15) is 0 Å². The highest BCUT2D eigenvalue weighted by molar-refractivity contribution is 6.31. The van der Waals surface area contributed by atoms with Crippen molar-refractivity contribution in [3.05, 3.63) is 51.6 Å². The van der Waals surface area contributed by atoms with Crippen molar-refractivity contribution < 1.29 is 9.15 Å². The Hall–Kier alpha value is -2.46. The van der Waals surface area contributed by atoms with Crippen LogP contribution in [0.5, 0.6) is 5.75 Å². The molecule has 2 aromatic heterocycles. The van der Waals surface area contributed by atoms with E-state index in [-0.39, 0.29) is 5.43 Å². The van der Waals surface area contributed by atoms with E-state index in [0.717, 1.165) is 10.9 Å². The third-order valence-electron chi connectivity index (χ3n) is 3.60. The monoisotopic (exact) mass is 299 g/mol. The van der Waals surface area contributed by atoms with Gasteiger partial charge in [0, 0.05) is 16.5 Å². The lowest BCUT2D eigenvalue weighted by molar-refractivity contribution is 0.414.